The van der Waals surface area contributed by atoms with Gasteiger partial charge in [-0.15, -0.1) is 0 Å². The van der Waals surface area contributed by atoms with Crippen LogP contribution in [0.1, 0.15) is 0 Å². The summed E-state index contributed by atoms with van der Waals surface area (Å²) in [5.74, 6) is -0.374. The third-order valence-electron chi connectivity index (χ3n) is 4.39. The standard InChI is InChI=1S/C18H26N12O6S2.2Li/c1-19-13-25-15(21-7-9-37(31,32)33)29-17(27-13)23-11-3-5-12(6-4-11)24-18-28-14(20-2)26-16(30-18)22-8-10-38(34,35)36;;/h3-6H,7-10H2,1-2H3,(H,31,32,33)(H,34,35,36)(H3,19,21,23,25,27,29)(H3,20,22,24,26,28,30);;/q;2*+1/p-2. The Kier molecular flexibility index (Phi) is 13.8. The summed E-state index contributed by atoms with van der Waals surface area (Å²) in [6, 6.07) is 6.84. The number of anilines is 8. The molecule has 22 heteroatoms. The zero-order valence-electron chi connectivity index (χ0n) is 22.1. The van der Waals surface area contributed by atoms with Gasteiger partial charge in [0.25, 0.3) is 0 Å². The molecule has 2 aromatic heterocycles. The number of hydrogen-bond acceptors (Lipinski definition) is 18. The second-order valence-electron chi connectivity index (χ2n) is 7.32. The van der Waals surface area contributed by atoms with Crippen LogP contribution >= 0.6 is 0 Å². The zero-order valence-corrected chi connectivity index (χ0v) is 23.7. The Morgan fingerprint density at radius 2 is 0.875 bits per heavy atom. The molecule has 0 aliphatic heterocycles. The summed E-state index contributed by atoms with van der Waals surface area (Å²) in [7, 11) is -5.58. The molecule has 206 valence electrons. The van der Waals surface area contributed by atoms with E-state index in [0.29, 0.717) is 11.4 Å². The van der Waals surface area contributed by atoms with Gasteiger partial charge in [0.1, 0.15) is 0 Å². The molecule has 0 unspecified atom stereocenters. The van der Waals surface area contributed by atoms with Gasteiger partial charge in [0.05, 0.1) is 31.7 Å². The third kappa shape index (κ3) is 12.5. The molecule has 0 saturated carbocycles. The summed E-state index contributed by atoms with van der Waals surface area (Å²) < 4.78 is 64.8. The topological polar surface area (TPSA) is 264 Å². The molecule has 18 nitrogen and oxygen atoms in total. The van der Waals surface area contributed by atoms with Crippen LogP contribution in [-0.4, -0.2) is 94.5 Å². The number of rotatable bonds is 14. The normalized spacial score (nSPS) is 10.9. The molecule has 0 saturated heterocycles. The molecule has 1 aromatic carbocycles. The smallest absolute Gasteiger partial charge is 0.748 e. The van der Waals surface area contributed by atoms with E-state index < -0.39 is 31.7 Å². The Hall–Kier alpha value is -2.95. The number of nitrogens with one attached hydrogen (secondary N) is 6. The number of aromatic nitrogens is 6. The maximum atomic E-state index is 10.8. The van der Waals surface area contributed by atoms with Crippen molar-refractivity contribution in [3.8, 4) is 0 Å². The molecule has 0 atom stereocenters. The van der Waals surface area contributed by atoms with E-state index in [1.165, 1.54) is 0 Å². The van der Waals surface area contributed by atoms with Gasteiger partial charge in [-0.3, -0.25) is 0 Å². The second-order valence-corrected chi connectivity index (χ2v) is 10.4. The second kappa shape index (κ2) is 15.7. The monoisotopic (exact) mass is 582 g/mol. The maximum absolute atomic E-state index is 10.8. The third-order valence-corrected chi connectivity index (χ3v) is 5.79. The molecule has 6 N–H and O–H groups in total. The first-order valence-corrected chi connectivity index (χ1v) is 13.9. The van der Waals surface area contributed by atoms with Crippen LogP contribution in [0.2, 0.25) is 0 Å². The van der Waals surface area contributed by atoms with Crippen LogP contribution in [0.15, 0.2) is 24.3 Å². The van der Waals surface area contributed by atoms with Gasteiger partial charge in [0.15, 0.2) is 0 Å². The van der Waals surface area contributed by atoms with E-state index in [9.17, 15) is 25.9 Å². The molecule has 0 aliphatic carbocycles. The van der Waals surface area contributed by atoms with Crippen molar-refractivity contribution in [2.45, 2.75) is 0 Å². The Balaban J connectivity index is 0.00000400. The Morgan fingerprint density at radius 1 is 0.575 bits per heavy atom. The van der Waals surface area contributed by atoms with E-state index in [1.54, 1.807) is 38.4 Å². The molecule has 0 amide bonds. The van der Waals surface area contributed by atoms with Gasteiger partial charge < -0.3 is 41.0 Å². The van der Waals surface area contributed by atoms with Crippen molar-refractivity contribution in [2.24, 2.45) is 0 Å². The summed E-state index contributed by atoms with van der Waals surface area (Å²) in [5.41, 5.74) is 1.20. The summed E-state index contributed by atoms with van der Waals surface area (Å²) in [6.07, 6.45) is 0. The minimum Gasteiger partial charge on any atom is -0.748 e. The van der Waals surface area contributed by atoms with E-state index in [0.717, 1.165) is 0 Å². The quantitative estimate of drug-likeness (QED) is 0.0762. The first-order chi connectivity index (χ1) is 17.9. The van der Waals surface area contributed by atoms with Gasteiger partial charge >= 0.3 is 37.7 Å². The minimum absolute atomic E-state index is 0. The molecule has 2 heterocycles. The number of nitrogens with zero attached hydrogens (tertiary/aromatic N) is 6. The molecule has 0 aliphatic rings. The molecule has 3 aromatic rings. The molecule has 3 rings (SSSR count). The Labute approximate surface area is 254 Å². The zero-order chi connectivity index (χ0) is 27.8. The average molecular weight is 582 g/mol. The van der Waals surface area contributed by atoms with Crippen LogP contribution in [0.4, 0.5) is 47.1 Å². The van der Waals surface area contributed by atoms with Crippen molar-refractivity contribution in [1.82, 2.24) is 29.9 Å². The van der Waals surface area contributed by atoms with E-state index in [-0.39, 0.29) is 86.5 Å². The van der Waals surface area contributed by atoms with Crippen LogP contribution in [0.3, 0.4) is 0 Å². The Morgan fingerprint density at radius 3 is 1.18 bits per heavy atom. The molecule has 0 fully saturated rings. The van der Waals surface area contributed by atoms with Crippen molar-refractivity contribution in [3.63, 3.8) is 0 Å². The van der Waals surface area contributed by atoms with Crippen LogP contribution in [-0.2, 0) is 20.2 Å². The molecule has 40 heavy (non-hydrogen) atoms. The van der Waals surface area contributed by atoms with Gasteiger partial charge in [-0.2, -0.15) is 29.9 Å². The van der Waals surface area contributed by atoms with Gasteiger partial charge in [-0.05, 0) is 24.3 Å². The summed E-state index contributed by atoms with van der Waals surface area (Å²) in [5, 5.41) is 16.8. The van der Waals surface area contributed by atoms with Crippen LogP contribution in [0.25, 0.3) is 0 Å². The molecular weight excluding hydrogens is 558 g/mol. The average Bonchev–Trinajstić information content (AvgIpc) is 2.83. The van der Waals surface area contributed by atoms with E-state index in [1.807, 2.05) is 0 Å². The van der Waals surface area contributed by atoms with Gasteiger partial charge in [-0.25, -0.2) is 16.8 Å². The van der Waals surface area contributed by atoms with Gasteiger partial charge in [0.2, 0.25) is 35.7 Å². The van der Waals surface area contributed by atoms with E-state index in [2.05, 4.69) is 61.8 Å². The maximum Gasteiger partial charge on any atom is 1.00 e. The molecule has 0 radical (unpaired) electrons. The van der Waals surface area contributed by atoms with Crippen molar-refractivity contribution in [2.75, 3.05) is 70.6 Å². The predicted octanol–water partition coefficient (Wildman–Crippen LogP) is -6.45. The van der Waals surface area contributed by atoms with Crippen LogP contribution in [0.5, 0.6) is 0 Å². The first-order valence-electron chi connectivity index (χ1n) is 10.8. The summed E-state index contributed by atoms with van der Waals surface area (Å²) in [6.45, 7) is -0.333. The van der Waals surface area contributed by atoms with Crippen molar-refractivity contribution in [1.29, 1.82) is 0 Å². The summed E-state index contributed by atoms with van der Waals surface area (Å²) >= 11 is 0. The largest absolute Gasteiger partial charge is 1.00 e. The molecular formula is C18H24Li2N12O6S2. The molecule has 0 spiro atoms. The molecule has 0 bridgehead atoms. The van der Waals surface area contributed by atoms with E-state index >= 15 is 0 Å². The fourth-order valence-electron chi connectivity index (χ4n) is 2.72. The van der Waals surface area contributed by atoms with Crippen molar-refractivity contribution in [3.05, 3.63) is 24.3 Å². The van der Waals surface area contributed by atoms with E-state index in [4.69, 9.17) is 0 Å². The fraction of sp³-hybridized carbons (Fsp3) is 0.333. The Bertz CT molecular complexity index is 1360. The van der Waals surface area contributed by atoms with Crippen molar-refractivity contribution < 1.29 is 63.7 Å². The minimum atomic E-state index is -4.39. The SMILES string of the molecule is CNc1nc(NCCS(=O)(=O)[O-])nc(Nc2ccc(Nc3nc(NC)nc(NCCS(=O)(=O)[O-])n3)cc2)n1.[Li+].[Li+]. The van der Waals surface area contributed by atoms with Gasteiger partial charge in [0, 0.05) is 38.6 Å². The van der Waals surface area contributed by atoms with Crippen molar-refractivity contribution >= 4 is 67.3 Å². The summed E-state index contributed by atoms with van der Waals surface area (Å²) in [4.78, 5) is 24.8. The predicted molar refractivity (Wildman–Crippen MR) is 138 cm³/mol. The fourth-order valence-corrected chi connectivity index (χ4v) is 3.42. The first kappa shape index (κ1) is 35.1. The van der Waals surface area contributed by atoms with Gasteiger partial charge in [-0.1, -0.05) is 0 Å². The van der Waals surface area contributed by atoms with Crippen LogP contribution < -0.4 is 69.6 Å². The number of benzene rings is 1. The van der Waals surface area contributed by atoms with Crippen LogP contribution in [0, 0.1) is 0 Å². The number of hydrogen-bond donors (Lipinski definition) is 6.